The Morgan fingerprint density at radius 2 is 2.33 bits per heavy atom. The second-order valence-electron chi connectivity index (χ2n) is 3.90. The van der Waals surface area contributed by atoms with Gasteiger partial charge >= 0.3 is 5.97 Å². The van der Waals surface area contributed by atoms with Gasteiger partial charge in [-0.05, 0) is 25.2 Å². The van der Waals surface area contributed by atoms with Gasteiger partial charge in [0.2, 0.25) is 0 Å². The van der Waals surface area contributed by atoms with E-state index in [-0.39, 0.29) is 12.5 Å². The molecule has 4 nitrogen and oxygen atoms in total. The van der Waals surface area contributed by atoms with Gasteiger partial charge in [-0.2, -0.15) is 5.26 Å². The molecular formula is C11H16N2O2. The van der Waals surface area contributed by atoms with Crippen molar-refractivity contribution in [2.45, 2.75) is 19.3 Å². The van der Waals surface area contributed by atoms with E-state index in [1.165, 1.54) is 20.0 Å². The first-order chi connectivity index (χ1) is 7.15. The number of likely N-dealkylation sites (N-methyl/N-ethyl adjacent to an activating group) is 1. The number of methoxy groups -OCH3 is 1. The minimum absolute atomic E-state index is 0.187. The second-order valence-corrected chi connectivity index (χ2v) is 3.90. The van der Waals surface area contributed by atoms with E-state index in [2.05, 4.69) is 10.8 Å². The van der Waals surface area contributed by atoms with Crippen LogP contribution in [-0.4, -0.2) is 31.6 Å². The van der Waals surface area contributed by atoms with Gasteiger partial charge in [0.25, 0.3) is 0 Å². The van der Waals surface area contributed by atoms with Crippen molar-refractivity contribution < 1.29 is 9.53 Å². The van der Waals surface area contributed by atoms with Crippen LogP contribution in [0, 0.1) is 17.2 Å². The molecule has 15 heavy (non-hydrogen) atoms. The van der Waals surface area contributed by atoms with Crippen LogP contribution in [0.15, 0.2) is 11.8 Å². The molecule has 0 aliphatic heterocycles. The second kappa shape index (κ2) is 5.40. The van der Waals surface area contributed by atoms with Gasteiger partial charge in [-0.1, -0.05) is 0 Å². The van der Waals surface area contributed by atoms with E-state index in [4.69, 9.17) is 5.26 Å². The lowest BCUT2D eigenvalue weighted by atomic mass is 10.1. The van der Waals surface area contributed by atoms with Gasteiger partial charge < -0.3 is 9.64 Å². The summed E-state index contributed by atoms with van der Waals surface area (Å²) in [6, 6.07) is 2.16. The van der Waals surface area contributed by atoms with Crippen LogP contribution in [0.5, 0.6) is 0 Å². The number of allylic oxidation sites excluding steroid dienone is 1. The molecule has 0 saturated heterocycles. The van der Waals surface area contributed by atoms with E-state index in [0.29, 0.717) is 5.92 Å². The van der Waals surface area contributed by atoms with Crippen molar-refractivity contribution in [3.05, 3.63) is 11.8 Å². The average Bonchev–Trinajstić information content (AvgIpc) is 3.00. The fraction of sp³-hybridized carbons (Fsp3) is 0.636. The molecule has 1 aliphatic carbocycles. The number of nitrogens with zero attached hydrogens (tertiary/aromatic N) is 2. The highest BCUT2D eigenvalue weighted by atomic mass is 16.5. The zero-order chi connectivity index (χ0) is 11.3. The summed E-state index contributed by atoms with van der Waals surface area (Å²) in [5, 5.41) is 8.88. The summed E-state index contributed by atoms with van der Waals surface area (Å²) in [6.07, 6.45) is 5.01. The van der Waals surface area contributed by atoms with E-state index >= 15 is 0 Å². The summed E-state index contributed by atoms with van der Waals surface area (Å²) in [4.78, 5) is 12.6. The van der Waals surface area contributed by atoms with Crippen LogP contribution in [0.3, 0.4) is 0 Å². The van der Waals surface area contributed by atoms with Crippen molar-refractivity contribution in [2.24, 2.45) is 5.92 Å². The standard InChI is InChI=1S/C11H16N2O2/c1-13(8-11(14)15-2)7-10(6-12)5-9-3-4-9/h7,9H,3-5,8H2,1-2H3/b10-7-. The van der Waals surface area contributed by atoms with E-state index < -0.39 is 0 Å². The molecule has 0 radical (unpaired) electrons. The number of ether oxygens (including phenoxy) is 1. The number of carbonyl (C=O) groups excluding carboxylic acids is 1. The molecule has 1 saturated carbocycles. The molecule has 0 spiro atoms. The zero-order valence-electron chi connectivity index (χ0n) is 9.19. The topological polar surface area (TPSA) is 53.3 Å². The maximum atomic E-state index is 11.0. The predicted octanol–water partition coefficient (Wildman–Crippen LogP) is 1.30. The molecule has 0 heterocycles. The summed E-state index contributed by atoms with van der Waals surface area (Å²) in [5.74, 6) is 0.389. The molecule has 0 aromatic carbocycles. The fourth-order valence-corrected chi connectivity index (χ4v) is 1.34. The van der Waals surface area contributed by atoms with Gasteiger partial charge in [-0.15, -0.1) is 0 Å². The Kier molecular flexibility index (Phi) is 4.17. The Balaban J connectivity index is 2.42. The Hall–Kier alpha value is -1.50. The molecule has 0 atom stereocenters. The smallest absolute Gasteiger partial charge is 0.325 e. The minimum Gasteiger partial charge on any atom is -0.468 e. The maximum absolute atomic E-state index is 11.0. The van der Waals surface area contributed by atoms with Gasteiger partial charge in [0.05, 0.1) is 13.2 Å². The third-order valence-corrected chi connectivity index (χ3v) is 2.33. The van der Waals surface area contributed by atoms with Crippen molar-refractivity contribution in [1.29, 1.82) is 5.26 Å². The number of rotatable bonds is 5. The van der Waals surface area contributed by atoms with Gasteiger partial charge in [0, 0.05) is 18.8 Å². The Morgan fingerprint density at radius 3 is 2.80 bits per heavy atom. The first-order valence-corrected chi connectivity index (χ1v) is 5.03. The molecule has 1 fully saturated rings. The molecule has 1 aliphatic rings. The normalized spacial score (nSPS) is 15.7. The number of hydrogen-bond donors (Lipinski definition) is 0. The highest BCUT2D eigenvalue weighted by Gasteiger charge is 2.22. The number of esters is 1. The average molecular weight is 208 g/mol. The van der Waals surface area contributed by atoms with Gasteiger partial charge in [-0.3, -0.25) is 4.79 Å². The predicted molar refractivity (Wildman–Crippen MR) is 55.7 cm³/mol. The van der Waals surface area contributed by atoms with Gasteiger partial charge in [0.1, 0.15) is 6.54 Å². The summed E-state index contributed by atoms with van der Waals surface area (Å²) in [6.45, 7) is 0.187. The lowest BCUT2D eigenvalue weighted by Gasteiger charge is -2.12. The Morgan fingerprint density at radius 1 is 1.67 bits per heavy atom. The van der Waals surface area contributed by atoms with Crippen LogP contribution >= 0.6 is 0 Å². The molecule has 0 bridgehead atoms. The molecule has 0 unspecified atom stereocenters. The third kappa shape index (κ3) is 4.50. The van der Waals surface area contributed by atoms with Crippen LogP contribution in [-0.2, 0) is 9.53 Å². The van der Waals surface area contributed by atoms with E-state index in [1.807, 2.05) is 0 Å². The van der Waals surface area contributed by atoms with E-state index in [0.717, 1.165) is 12.0 Å². The van der Waals surface area contributed by atoms with Gasteiger partial charge in [-0.25, -0.2) is 0 Å². The largest absolute Gasteiger partial charge is 0.468 e. The maximum Gasteiger partial charge on any atom is 0.325 e. The number of nitriles is 1. The van der Waals surface area contributed by atoms with Crippen LogP contribution in [0.1, 0.15) is 19.3 Å². The highest BCUT2D eigenvalue weighted by molar-refractivity contribution is 5.71. The minimum atomic E-state index is -0.294. The molecule has 0 N–H and O–H groups in total. The van der Waals surface area contributed by atoms with Crippen molar-refractivity contribution in [3.63, 3.8) is 0 Å². The summed E-state index contributed by atoms with van der Waals surface area (Å²) < 4.78 is 4.54. The van der Waals surface area contributed by atoms with Gasteiger partial charge in [0.15, 0.2) is 0 Å². The first-order valence-electron chi connectivity index (χ1n) is 5.03. The molecule has 82 valence electrons. The van der Waals surface area contributed by atoms with E-state index in [1.54, 1.807) is 18.1 Å². The summed E-state index contributed by atoms with van der Waals surface area (Å²) in [7, 11) is 3.12. The monoisotopic (exact) mass is 208 g/mol. The number of carbonyl (C=O) groups is 1. The lowest BCUT2D eigenvalue weighted by molar-refractivity contribution is -0.141. The Labute approximate surface area is 90.1 Å². The Bertz CT molecular complexity index is 300. The molecule has 1 rings (SSSR count). The lowest BCUT2D eigenvalue weighted by Crippen LogP contribution is -2.22. The summed E-state index contributed by atoms with van der Waals surface area (Å²) in [5.41, 5.74) is 0.740. The van der Waals surface area contributed by atoms with Crippen LogP contribution in [0.2, 0.25) is 0 Å². The first kappa shape index (κ1) is 11.6. The zero-order valence-corrected chi connectivity index (χ0v) is 9.19. The molecule has 0 aromatic rings. The van der Waals surface area contributed by atoms with Crippen molar-refractivity contribution in [2.75, 3.05) is 20.7 Å². The van der Waals surface area contributed by atoms with Crippen LogP contribution in [0.4, 0.5) is 0 Å². The highest BCUT2D eigenvalue weighted by Crippen LogP contribution is 2.34. The van der Waals surface area contributed by atoms with Crippen molar-refractivity contribution in [1.82, 2.24) is 4.90 Å². The summed E-state index contributed by atoms with van der Waals surface area (Å²) >= 11 is 0. The molecule has 0 amide bonds. The molecule has 4 heteroatoms. The quantitative estimate of drug-likeness (QED) is 0.504. The SMILES string of the molecule is COC(=O)CN(C)/C=C(\C#N)CC1CC1. The van der Waals surface area contributed by atoms with E-state index in [9.17, 15) is 4.79 Å². The molecular weight excluding hydrogens is 192 g/mol. The molecule has 0 aromatic heterocycles. The number of hydrogen-bond acceptors (Lipinski definition) is 4. The fourth-order valence-electron chi connectivity index (χ4n) is 1.34. The van der Waals surface area contributed by atoms with Crippen molar-refractivity contribution in [3.8, 4) is 6.07 Å². The van der Waals surface area contributed by atoms with Crippen LogP contribution in [0.25, 0.3) is 0 Å². The van der Waals surface area contributed by atoms with Crippen molar-refractivity contribution >= 4 is 5.97 Å². The van der Waals surface area contributed by atoms with Crippen LogP contribution < -0.4 is 0 Å². The third-order valence-electron chi connectivity index (χ3n) is 2.33.